The van der Waals surface area contributed by atoms with Gasteiger partial charge in [-0.25, -0.2) is 0 Å². The average molecular weight is 469 g/mol. The lowest BCUT2D eigenvalue weighted by Gasteiger charge is -2.52. The van der Waals surface area contributed by atoms with Gasteiger partial charge in [-0.1, -0.05) is 26.3 Å². The second-order valence-corrected chi connectivity index (χ2v) is 13.2. The highest BCUT2D eigenvalue weighted by Crippen LogP contribution is 2.58. The Labute approximate surface area is 206 Å². The molecular formula is C30H44O4. The van der Waals surface area contributed by atoms with Gasteiger partial charge in [0.05, 0.1) is 6.10 Å². The molecule has 5 unspecified atom stereocenters. The van der Waals surface area contributed by atoms with E-state index in [4.69, 9.17) is 4.74 Å². The molecule has 188 valence electrons. The minimum atomic E-state index is -0.712. The molecule has 0 aromatic rings. The van der Waals surface area contributed by atoms with Crippen molar-refractivity contribution in [1.29, 1.82) is 0 Å². The van der Waals surface area contributed by atoms with E-state index in [-0.39, 0.29) is 34.3 Å². The molecule has 5 atom stereocenters. The first-order chi connectivity index (χ1) is 15.6. The number of hydrogen-bond donors (Lipinski definition) is 0. The number of hydrogen-bond acceptors (Lipinski definition) is 4. The van der Waals surface area contributed by atoms with Crippen molar-refractivity contribution in [2.45, 2.75) is 118 Å². The second kappa shape index (κ2) is 8.25. The maximum Gasteiger partial charge on any atom is 0.181 e. The molecule has 0 spiro atoms. The van der Waals surface area contributed by atoms with Crippen LogP contribution in [0.1, 0.15) is 107 Å². The van der Waals surface area contributed by atoms with Crippen molar-refractivity contribution in [2.75, 3.05) is 0 Å². The number of allylic oxidation sites excluding steroid dienone is 4. The van der Waals surface area contributed by atoms with Gasteiger partial charge in [0, 0.05) is 23.7 Å². The van der Waals surface area contributed by atoms with Crippen molar-refractivity contribution in [3.63, 3.8) is 0 Å². The molecule has 0 amide bonds. The van der Waals surface area contributed by atoms with Gasteiger partial charge in [-0.3, -0.25) is 14.4 Å². The first kappa shape index (κ1) is 25.5. The summed E-state index contributed by atoms with van der Waals surface area (Å²) in [5, 5.41) is 0. The largest absolute Gasteiger partial charge is 0.364 e. The van der Waals surface area contributed by atoms with E-state index in [1.165, 1.54) is 5.57 Å². The maximum absolute atomic E-state index is 13.1. The van der Waals surface area contributed by atoms with Crippen LogP contribution in [0, 0.1) is 28.1 Å². The lowest BCUT2D eigenvalue weighted by atomic mass is 9.53. The Bertz CT molecular complexity index is 980. The fraction of sp³-hybridized carbons (Fsp3) is 0.767. The molecule has 0 N–H and O–H groups in total. The summed E-state index contributed by atoms with van der Waals surface area (Å²) in [6.07, 6.45) is 8.62. The highest BCUT2D eigenvalue weighted by molar-refractivity contribution is 6.07. The third-order valence-electron chi connectivity index (χ3n) is 10.4. The first-order valence-electron chi connectivity index (χ1n) is 13.4. The maximum atomic E-state index is 13.1. The third-order valence-corrected chi connectivity index (χ3v) is 10.4. The zero-order chi connectivity index (χ0) is 25.3. The minimum Gasteiger partial charge on any atom is -0.364 e. The number of Topliss-reactive ketones (excluding diaryl/α,β-unsaturated/α-hetero) is 2. The van der Waals surface area contributed by atoms with E-state index >= 15 is 0 Å². The molecule has 0 radical (unpaired) electrons. The number of ketones is 3. The average Bonchev–Trinajstić information content (AvgIpc) is 2.84. The van der Waals surface area contributed by atoms with E-state index in [1.807, 2.05) is 34.6 Å². The van der Waals surface area contributed by atoms with Gasteiger partial charge in [0.15, 0.2) is 11.6 Å². The van der Waals surface area contributed by atoms with E-state index in [9.17, 15) is 14.4 Å². The molecule has 4 rings (SSSR count). The van der Waals surface area contributed by atoms with Crippen LogP contribution in [0.15, 0.2) is 22.8 Å². The van der Waals surface area contributed by atoms with Crippen LogP contribution in [-0.2, 0) is 19.1 Å². The van der Waals surface area contributed by atoms with Crippen LogP contribution >= 0.6 is 0 Å². The van der Waals surface area contributed by atoms with Gasteiger partial charge in [-0.2, -0.15) is 0 Å². The van der Waals surface area contributed by atoms with Crippen molar-refractivity contribution >= 4 is 17.3 Å². The lowest BCUT2D eigenvalue weighted by Crippen LogP contribution is -2.49. The van der Waals surface area contributed by atoms with Crippen molar-refractivity contribution in [2.24, 2.45) is 28.1 Å². The Morgan fingerprint density at radius 2 is 1.59 bits per heavy atom. The Morgan fingerprint density at radius 3 is 2.26 bits per heavy atom. The summed E-state index contributed by atoms with van der Waals surface area (Å²) < 4.78 is 6.51. The molecule has 1 saturated heterocycles. The Balaban J connectivity index is 1.64. The first-order valence-corrected chi connectivity index (χ1v) is 13.4. The highest BCUT2D eigenvalue weighted by Gasteiger charge is 2.54. The SMILES string of the molecule is CC1=C(CCC2C(C)CCC3OC(C)(C)C(=O)CCC32C)C2(C)CCC(=O)C(C)(C)C2=CC1=O. The van der Waals surface area contributed by atoms with Gasteiger partial charge < -0.3 is 4.74 Å². The normalized spacial score (nSPS) is 39.8. The summed E-state index contributed by atoms with van der Waals surface area (Å²) in [5.41, 5.74) is 1.53. The molecule has 0 aromatic heterocycles. The Hall–Kier alpha value is -1.55. The van der Waals surface area contributed by atoms with E-state index in [0.29, 0.717) is 24.7 Å². The van der Waals surface area contributed by atoms with Crippen LogP contribution < -0.4 is 0 Å². The molecule has 1 heterocycles. The summed E-state index contributed by atoms with van der Waals surface area (Å²) in [5.74, 6) is 1.49. The standard InChI is InChI=1S/C30H44O4/c1-18-9-12-26-30(8,16-14-25(33)28(5,6)34-26)20(18)10-11-21-19(2)22(31)17-23-27(3,4)24(32)13-15-29(21,23)7/h17-18,20,26H,9-16H2,1-8H3. The zero-order valence-electron chi connectivity index (χ0n) is 22.6. The number of rotatable bonds is 3. The number of carbonyl (C=O) groups excluding carboxylic acids is 3. The Morgan fingerprint density at radius 1 is 0.941 bits per heavy atom. The van der Waals surface area contributed by atoms with E-state index in [2.05, 4.69) is 20.8 Å². The Kier molecular flexibility index (Phi) is 6.20. The molecule has 1 aliphatic heterocycles. The lowest BCUT2D eigenvalue weighted by molar-refractivity contribution is -0.165. The molecule has 2 saturated carbocycles. The zero-order valence-corrected chi connectivity index (χ0v) is 22.6. The van der Waals surface area contributed by atoms with Crippen LogP contribution in [0.4, 0.5) is 0 Å². The monoisotopic (exact) mass is 468 g/mol. The van der Waals surface area contributed by atoms with Crippen LogP contribution in [0.25, 0.3) is 0 Å². The second-order valence-electron chi connectivity index (χ2n) is 13.2. The van der Waals surface area contributed by atoms with Crippen LogP contribution in [0.3, 0.4) is 0 Å². The number of carbonyl (C=O) groups is 3. The van der Waals surface area contributed by atoms with Gasteiger partial charge in [-0.15, -0.1) is 0 Å². The molecule has 4 nitrogen and oxygen atoms in total. The highest BCUT2D eigenvalue weighted by atomic mass is 16.5. The summed E-state index contributed by atoms with van der Waals surface area (Å²) in [6.45, 7) is 16.8. The van der Waals surface area contributed by atoms with Crippen LogP contribution in [0.5, 0.6) is 0 Å². The van der Waals surface area contributed by atoms with Crippen LogP contribution in [-0.4, -0.2) is 29.1 Å². The molecule has 0 aromatic carbocycles. The predicted molar refractivity (Wildman–Crippen MR) is 134 cm³/mol. The number of ether oxygens (including phenoxy) is 1. The van der Waals surface area contributed by atoms with Crippen molar-refractivity contribution < 1.29 is 19.1 Å². The van der Waals surface area contributed by atoms with Crippen molar-refractivity contribution in [3.05, 3.63) is 22.8 Å². The van der Waals surface area contributed by atoms with E-state index in [1.54, 1.807) is 6.08 Å². The van der Waals surface area contributed by atoms with E-state index in [0.717, 1.165) is 49.7 Å². The molecule has 3 aliphatic carbocycles. The third kappa shape index (κ3) is 3.79. The van der Waals surface area contributed by atoms with Gasteiger partial charge in [0.1, 0.15) is 11.4 Å². The fourth-order valence-corrected chi connectivity index (χ4v) is 7.96. The fourth-order valence-electron chi connectivity index (χ4n) is 7.96. The van der Waals surface area contributed by atoms with Gasteiger partial charge in [0.25, 0.3) is 0 Å². The number of fused-ring (bicyclic) bond motifs is 2. The smallest absolute Gasteiger partial charge is 0.181 e. The van der Waals surface area contributed by atoms with Crippen molar-refractivity contribution in [1.82, 2.24) is 0 Å². The van der Waals surface area contributed by atoms with E-state index < -0.39 is 11.0 Å². The van der Waals surface area contributed by atoms with Gasteiger partial charge >= 0.3 is 0 Å². The van der Waals surface area contributed by atoms with Gasteiger partial charge in [0.2, 0.25) is 0 Å². The molecule has 4 heteroatoms. The summed E-state index contributed by atoms with van der Waals surface area (Å²) in [4.78, 5) is 38.6. The minimum absolute atomic E-state index is 0.0460. The summed E-state index contributed by atoms with van der Waals surface area (Å²) >= 11 is 0. The quantitative estimate of drug-likeness (QED) is 0.470. The van der Waals surface area contributed by atoms with Crippen LogP contribution in [0.2, 0.25) is 0 Å². The predicted octanol–water partition coefficient (Wildman–Crippen LogP) is 6.57. The summed E-state index contributed by atoms with van der Waals surface area (Å²) in [6, 6.07) is 0. The van der Waals surface area contributed by atoms with Gasteiger partial charge in [-0.05, 0) is 108 Å². The summed E-state index contributed by atoms with van der Waals surface area (Å²) in [7, 11) is 0. The molecule has 34 heavy (non-hydrogen) atoms. The molecule has 4 aliphatic rings. The molecular weight excluding hydrogens is 424 g/mol. The topological polar surface area (TPSA) is 60.4 Å². The molecule has 3 fully saturated rings. The van der Waals surface area contributed by atoms with Crippen molar-refractivity contribution in [3.8, 4) is 0 Å². The molecule has 0 bridgehead atoms.